The minimum absolute atomic E-state index is 0.00256. The van der Waals surface area contributed by atoms with Crippen LogP contribution >= 0.6 is 11.3 Å². The number of rotatable bonds is 8. The smallest absolute Gasteiger partial charge is 0.242 e. The first-order valence-electron chi connectivity index (χ1n) is 12.0. The summed E-state index contributed by atoms with van der Waals surface area (Å²) in [6.45, 7) is 4.47. The molecule has 6 nitrogen and oxygen atoms in total. The van der Waals surface area contributed by atoms with Gasteiger partial charge in [-0.1, -0.05) is 18.2 Å². The van der Waals surface area contributed by atoms with Crippen molar-refractivity contribution in [1.82, 2.24) is 9.80 Å². The van der Waals surface area contributed by atoms with Gasteiger partial charge in [-0.2, -0.15) is 0 Å². The Morgan fingerprint density at radius 3 is 2.82 bits per heavy atom. The van der Waals surface area contributed by atoms with E-state index in [1.807, 2.05) is 36.1 Å². The molecule has 1 saturated carbocycles. The molecule has 1 aromatic carbocycles. The molecule has 1 aromatic heterocycles. The van der Waals surface area contributed by atoms with E-state index in [2.05, 4.69) is 11.4 Å². The molecule has 0 bridgehead atoms. The van der Waals surface area contributed by atoms with E-state index in [1.54, 1.807) is 16.2 Å². The molecule has 1 aliphatic carbocycles. The number of ether oxygens (including phenoxy) is 2. The molecule has 33 heavy (non-hydrogen) atoms. The largest absolute Gasteiger partial charge is 0.491 e. The third-order valence-electron chi connectivity index (χ3n) is 6.92. The van der Waals surface area contributed by atoms with E-state index in [1.165, 1.54) is 10.4 Å². The second-order valence-corrected chi connectivity index (χ2v) is 10.4. The normalized spacial score (nSPS) is 22.2. The van der Waals surface area contributed by atoms with Crippen LogP contribution in [0.2, 0.25) is 0 Å². The molecule has 0 unspecified atom stereocenters. The Balaban J connectivity index is 1.32. The summed E-state index contributed by atoms with van der Waals surface area (Å²) in [5.41, 5.74) is 2.25. The zero-order chi connectivity index (χ0) is 22.8. The number of thiophene rings is 1. The van der Waals surface area contributed by atoms with Crippen molar-refractivity contribution in [2.45, 2.75) is 51.2 Å². The monoisotopic (exact) mass is 468 g/mol. The summed E-state index contributed by atoms with van der Waals surface area (Å²) in [5.74, 6) is 1.04. The topological polar surface area (TPSA) is 59.1 Å². The Labute approximate surface area is 199 Å². The van der Waals surface area contributed by atoms with E-state index in [0.717, 1.165) is 50.0 Å². The second-order valence-electron chi connectivity index (χ2n) is 9.36. The molecule has 5 rings (SSSR count). The van der Waals surface area contributed by atoms with Crippen LogP contribution < -0.4 is 4.74 Å². The highest BCUT2D eigenvalue weighted by atomic mass is 32.1. The molecule has 3 aliphatic rings. The van der Waals surface area contributed by atoms with Crippen LogP contribution in [-0.2, 0) is 20.7 Å². The molecule has 0 N–H and O–H groups in total. The average molecular weight is 469 g/mol. The van der Waals surface area contributed by atoms with Gasteiger partial charge in [0, 0.05) is 30.5 Å². The van der Waals surface area contributed by atoms with Gasteiger partial charge in [-0.25, -0.2) is 0 Å². The Morgan fingerprint density at radius 1 is 1.21 bits per heavy atom. The molecule has 0 spiro atoms. The summed E-state index contributed by atoms with van der Waals surface area (Å²) < 4.78 is 12.0. The maximum absolute atomic E-state index is 13.6. The molecule has 7 heteroatoms. The Morgan fingerprint density at radius 2 is 2.06 bits per heavy atom. The predicted octanol–water partition coefficient (Wildman–Crippen LogP) is 3.98. The lowest BCUT2D eigenvalue weighted by Crippen LogP contribution is -2.49. The number of hydrogen-bond acceptors (Lipinski definition) is 5. The molecular formula is C26H32N2O4S. The van der Waals surface area contributed by atoms with Gasteiger partial charge in [-0.15, -0.1) is 11.3 Å². The lowest BCUT2D eigenvalue weighted by molar-refractivity contribution is -0.144. The fraction of sp³-hybridized carbons (Fsp3) is 0.538. The van der Waals surface area contributed by atoms with Crippen molar-refractivity contribution in [3.05, 3.63) is 51.7 Å². The van der Waals surface area contributed by atoms with Crippen molar-refractivity contribution in [2.24, 2.45) is 5.92 Å². The summed E-state index contributed by atoms with van der Waals surface area (Å²) in [4.78, 5) is 31.6. The van der Waals surface area contributed by atoms with Crippen molar-refractivity contribution in [1.29, 1.82) is 0 Å². The number of amides is 2. The fourth-order valence-electron chi connectivity index (χ4n) is 4.87. The minimum atomic E-state index is -0.146. The van der Waals surface area contributed by atoms with Gasteiger partial charge in [0.25, 0.3) is 0 Å². The zero-order valence-electron chi connectivity index (χ0n) is 19.2. The van der Waals surface area contributed by atoms with E-state index in [4.69, 9.17) is 9.47 Å². The van der Waals surface area contributed by atoms with Gasteiger partial charge in [0.1, 0.15) is 12.4 Å². The summed E-state index contributed by atoms with van der Waals surface area (Å²) in [5, 5.41) is 2.10. The van der Waals surface area contributed by atoms with Crippen LogP contribution in [0, 0.1) is 12.8 Å². The minimum Gasteiger partial charge on any atom is -0.491 e. The highest BCUT2D eigenvalue weighted by Gasteiger charge is 2.38. The highest BCUT2D eigenvalue weighted by Crippen LogP contribution is 2.35. The molecule has 3 heterocycles. The summed E-state index contributed by atoms with van der Waals surface area (Å²) in [6, 6.07) is 9.93. The van der Waals surface area contributed by atoms with Gasteiger partial charge in [-0.3, -0.25) is 9.59 Å². The van der Waals surface area contributed by atoms with Crippen LogP contribution in [0.4, 0.5) is 0 Å². The number of fused-ring (bicyclic) bond motifs is 1. The first-order chi connectivity index (χ1) is 16.1. The van der Waals surface area contributed by atoms with Crippen LogP contribution in [0.25, 0.3) is 0 Å². The van der Waals surface area contributed by atoms with Gasteiger partial charge in [-0.05, 0) is 67.7 Å². The molecule has 2 fully saturated rings. The quantitative estimate of drug-likeness (QED) is 0.588. The molecule has 2 atom stereocenters. The van der Waals surface area contributed by atoms with Crippen LogP contribution in [0.3, 0.4) is 0 Å². The van der Waals surface area contributed by atoms with Crippen LogP contribution in [0.1, 0.15) is 47.7 Å². The lowest BCUT2D eigenvalue weighted by Gasteiger charge is -2.37. The lowest BCUT2D eigenvalue weighted by atomic mass is 10.00. The predicted molar refractivity (Wildman–Crippen MR) is 127 cm³/mol. The molecule has 176 valence electrons. The molecule has 0 radical (unpaired) electrons. The number of carbonyl (C=O) groups is 2. The maximum Gasteiger partial charge on any atom is 0.242 e. The summed E-state index contributed by atoms with van der Waals surface area (Å²) in [6.07, 6.45) is 4.74. The van der Waals surface area contributed by atoms with Gasteiger partial charge >= 0.3 is 0 Å². The van der Waals surface area contributed by atoms with Crippen molar-refractivity contribution in [3.63, 3.8) is 0 Å². The number of para-hydroxylation sites is 1. The standard InChI is InChI=1S/C26H32N2O4S/c1-18-5-2-3-7-23(18)32-17-22-21-11-14-33-24(21)10-12-28(22)25(29)16-27(26(30)19-8-9-19)15-20-6-4-13-31-20/h2-3,5,7,11,14,19-20,22H,4,6,8-10,12-13,15-17H2,1H3/t20-,22+/m1/s1. The Kier molecular flexibility index (Phi) is 6.69. The third-order valence-corrected chi connectivity index (χ3v) is 7.91. The van der Waals surface area contributed by atoms with Crippen molar-refractivity contribution in [3.8, 4) is 5.75 Å². The average Bonchev–Trinajstić information content (AvgIpc) is 3.32. The Hall–Kier alpha value is -2.38. The maximum atomic E-state index is 13.6. The number of carbonyl (C=O) groups excluding carboxylic acids is 2. The van der Waals surface area contributed by atoms with E-state index >= 15 is 0 Å². The first kappa shape index (κ1) is 22.4. The number of aryl methyl sites for hydroxylation is 1. The summed E-state index contributed by atoms with van der Waals surface area (Å²) >= 11 is 1.75. The van der Waals surface area contributed by atoms with Crippen molar-refractivity contribution in [2.75, 3.05) is 32.8 Å². The van der Waals surface area contributed by atoms with E-state index in [9.17, 15) is 9.59 Å². The van der Waals surface area contributed by atoms with E-state index < -0.39 is 0 Å². The molecule has 2 aliphatic heterocycles. The molecule has 1 saturated heterocycles. The Bertz CT molecular complexity index is 996. The van der Waals surface area contributed by atoms with Crippen LogP contribution in [0.5, 0.6) is 5.75 Å². The number of benzene rings is 1. The number of hydrogen-bond donors (Lipinski definition) is 0. The molecular weight excluding hydrogens is 436 g/mol. The van der Waals surface area contributed by atoms with Gasteiger partial charge < -0.3 is 19.3 Å². The zero-order valence-corrected chi connectivity index (χ0v) is 20.0. The van der Waals surface area contributed by atoms with Crippen LogP contribution in [0.15, 0.2) is 35.7 Å². The fourth-order valence-corrected chi connectivity index (χ4v) is 5.80. The van der Waals surface area contributed by atoms with Gasteiger partial charge in [0.15, 0.2) is 0 Å². The van der Waals surface area contributed by atoms with Crippen LogP contribution in [-0.4, -0.2) is 60.6 Å². The summed E-state index contributed by atoms with van der Waals surface area (Å²) in [7, 11) is 0. The second kappa shape index (κ2) is 9.85. The van der Waals surface area contributed by atoms with E-state index in [0.29, 0.717) is 19.7 Å². The highest BCUT2D eigenvalue weighted by molar-refractivity contribution is 7.10. The molecule has 2 aromatic rings. The van der Waals surface area contributed by atoms with Crippen molar-refractivity contribution < 1.29 is 19.1 Å². The first-order valence-corrected chi connectivity index (χ1v) is 12.9. The molecule has 2 amide bonds. The SMILES string of the molecule is Cc1ccccc1OC[C@H]1c2ccsc2CCN1C(=O)CN(C[C@H]1CCCO1)C(=O)C1CC1. The number of nitrogens with zero attached hydrogens (tertiary/aromatic N) is 2. The third kappa shape index (κ3) is 5.09. The van der Waals surface area contributed by atoms with E-state index in [-0.39, 0.29) is 36.4 Å². The van der Waals surface area contributed by atoms with Crippen molar-refractivity contribution >= 4 is 23.2 Å². The van der Waals surface area contributed by atoms with Gasteiger partial charge in [0.2, 0.25) is 11.8 Å². The van der Waals surface area contributed by atoms with Gasteiger partial charge in [0.05, 0.1) is 18.7 Å².